The zero-order chi connectivity index (χ0) is 15.5. The maximum Gasteiger partial charge on any atom is 0.332 e. The standard InChI is InChI=1S/C13H15BrN2O5/c1-20-10-6-8(2-3-9(10)14)15-12(19)16-13(11(17)18)4-5-21-7-13/h2-3,6H,4-5,7H2,1H3,(H,17,18)(H2,15,16,19). The summed E-state index contributed by atoms with van der Waals surface area (Å²) in [5.74, 6) is -0.548. The number of methoxy groups -OCH3 is 1. The number of carbonyl (C=O) groups excluding carboxylic acids is 1. The summed E-state index contributed by atoms with van der Waals surface area (Å²) in [6.07, 6.45) is 0.236. The van der Waals surface area contributed by atoms with E-state index < -0.39 is 17.5 Å². The highest BCUT2D eigenvalue weighted by Crippen LogP contribution is 2.28. The number of hydrogen-bond donors (Lipinski definition) is 3. The van der Waals surface area contributed by atoms with Crippen molar-refractivity contribution >= 4 is 33.6 Å². The summed E-state index contributed by atoms with van der Waals surface area (Å²) in [5, 5.41) is 14.3. The molecule has 0 bridgehead atoms. The second-order valence-corrected chi connectivity index (χ2v) is 5.47. The fourth-order valence-electron chi connectivity index (χ4n) is 2.00. The van der Waals surface area contributed by atoms with Crippen molar-refractivity contribution in [3.05, 3.63) is 22.7 Å². The summed E-state index contributed by atoms with van der Waals surface area (Å²) in [7, 11) is 1.51. The van der Waals surface area contributed by atoms with Gasteiger partial charge in [-0.25, -0.2) is 9.59 Å². The minimum Gasteiger partial charge on any atom is -0.495 e. The summed E-state index contributed by atoms with van der Waals surface area (Å²) in [4.78, 5) is 23.3. The van der Waals surface area contributed by atoms with Gasteiger partial charge in [0.1, 0.15) is 5.75 Å². The number of nitrogens with one attached hydrogen (secondary N) is 2. The van der Waals surface area contributed by atoms with Gasteiger partial charge in [-0.2, -0.15) is 0 Å². The number of ether oxygens (including phenoxy) is 2. The second-order valence-electron chi connectivity index (χ2n) is 4.62. The van der Waals surface area contributed by atoms with Crippen molar-refractivity contribution in [2.75, 3.05) is 25.6 Å². The third kappa shape index (κ3) is 3.45. The van der Waals surface area contributed by atoms with Crippen molar-refractivity contribution in [3.63, 3.8) is 0 Å². The number of urea groups is 1. The van der Waals surface area contributed by atoms with Gasteiger partial charge in [0.25, 0.3) is 0 Å². The summed E-state index contributed by atoms with van der Waals surface area (Å²) >= 11 is 3.31. The van der Waals surface area contributed by atoms with Gasteiger partial charge in [-0.05, 0) is 28.1 Å². The number of halogens is 1. The first kappa shape index (κ1) is 15.6. The van der Waals surface area contributed by atoms with Crippen LogP contribution in [0.1, 0.15) is 6.42 Å². The van der Waals surface area contributed by atoms with Crippen LogP contribution < -0.4 is 15.4 Å². The van der Waals surface area contributed by atoms with Crippen LogP contribution in [0.3, 0.4) is 0 Å². The van der Waals surface area contributed by atoms with E-state index in [9.17, 15) is 14.7 Å². The quantitative estimate of drug-likeness (QED) is 0.762. The number of carboxylic acids is 1. The molecule has 1 atom stereocenters. The fourth-order valence-corrected chi connectivity index (χ4v) is 2.41. The Morgan fingerprint density at radius 2 is 2.24 bits per heavy atom. The van der Waals surface area contributed by atoms with Gasteiger partial charge in [0.2, 0.25) is 0 Å². The fraction of sp³-hybridized carbons (Fsp3) is 0.385. The maximum absolute atomic E-state index is 12.0. The number of rotatable bonds is 4. The molecule has 2 amide bonds. The lowest BCUT2D eigenvalue weighted by atomic mass is 9.99. The first-order chi connectivity index (χ1) is 9.97. The number of hydrogen-bond acceptors (Lipinski definition) is 4. The van der Waals surface area contributed by atoms with Crippen molar-refractivity contribution in [2.24, 2.45) is 0 Å². The Bertz CT molecular complexity index is 557. The van der Waals surface area contributed by atoms with E-state index in [0.29, 0.717) is 18.0 Å². The maximum atomic E-state index is 12.0. The molecular weight excluding hydrogens is 344 g/mol. The minimum absolute atomic E-state index is 0.0422. The third-order valence-corrected chi connectivity index (χ3v) is 3.85. The molecule has 1 heterocycles. The largest absolute Gasteiger partial charge is 0.495 e. The lowest BCUT2D eigenvalue weighted by Crippen LogP contribution is -2.56. The van der Waals surface area contributed by atoms with E-state index >= 15 is 0 Å². The van der Waals surface area contributed by atoms with Crippen LogP contribution in [-0.4, -0.2) is 43.0 Å². The monoisotopic (exact) mass is 358 g/mol. The molecule has 1 saturated heterocycles. The van der Waals surface area contributed by atoms with Gasteiger partial charge in [-0.15, -0.1) is 0 Å². The molecule has 114 valence electrons. The third-order valence-electron chi connectivity index (χ3n) is 3.19. The molecule has 1 fully saturated rings. The van der Waals surface area contributed by atoms with Gasteiger partial charge in [-0.1, -0.05) is 0 Å². The van der Waals surface area contributed by atoms with E-state index in [1.165, 1.54) is 7.11 Å². The van der Waals surface area contributed by atoms with Crippen LogP contribution in [0.4, 0.5) is 10.5 Å². The van der Waals surface area contributed by atoms with Crippen LogP contribution in [0.25, 0.3) is 0 Å². The minimum atomic E-state index is -1.37. The SMILES string of the molecule is COc1cc(NC(=O)NC2(C(=O)O)CCOC2)ccc1Br. The van der Waals surface area contributed by atoms with Crippen LogP contribution in [0, 0.1) is 0 Å². The predicted molar refractivity (Wildman–Crippen MR) is 78.7 cm³/mol. The zero-order valence-corrected chi connectivity index (χ0v) is 12.9. The Labute approximate surface area is 129 Å². The van der Waals surface area contributed by atoms with Gasteiger partial charge >= 0.3 is 12.0 Å². The summed E-state index contributed by atoms with van der Waals surface area (Å²) in [5.41, 5.74) is -0.879. The van der Waals surface area contributed by atoms with E-state index in [1.54, 1.807) is 18.2 Å². The van der Waals surface area contributed by atoms with Crippen LogP contribution in [-0.2, 0) is 9.53 Å². The zero-order valence-electron chi connectivity index (χ0n) is 11.3. The number of benzene rings is 1. The number of anilines is 1. The highest BCUT2D eigenvalue weighted by Gasteiger charge is 2.44. The average molecular weight is 359 g/mol. The number of amides is 2. The molecule has 2 rings (SSSR count). The molecule has 3 N–H and O–H groups in total. The van der Waals surface area contributed by atoms with Gasteiger partial charge in [0.15, 0.2) is 5.54 Å². The van der Waals surface area contributed by atoms with E-state index in [4.69, 9.17) is 9.47 Å². The molecule has 0 aliphatic carbocycles. The molecule has 0 aromatic heterocycles. The lowest BCUT2D eigenvalue weighted by molar-refractivity contribution is -0.144. The molecular formula is C13H15BrN2O5. The van der Waals surface area contributed by atoms with Crippen molar-refractivity contribution in [1.82, 2.24) is 5.32 Å². The molecule has 0 spiro atoms. The first-order valence-electron chi connectivity index (χ1n) is 6.21. The summed E-state index contributed by atoms with van der Waals surface area (Å²) < 4.78 is 11.0. The molecule has 1 aromatic rings. The highest BCUT2D eigenvalue weighted by atomic mass is 79.9. The van der Waals surface area contributed by atoms with Crippen molar-refractivity contribution in [2.45, 2.75) is 12.0 Å². The van der Waals surface area contributed by atoms with Crippen LogP contribution >= 0.6 is 15.9 Å². The predicted octanol–water partition coefficient (Wildman–Crippen LogP) is 1.82. The Morgan fingerprint density at radius 1 is 1.48 bits per heavy atom. The molecule has 7 nitrogen and oxygen atoms in total. The van der Waals surface area contributed by atoms with Crippen molar-refractivity contribution in [1.29, 1.82) is 0 Å². The van der Waals surface area contributed by atoms with Gasteiger partial charge < -0.3 is 25.2 Å². The molecule has 0 saturated carbocycles. The molecule has 21 heavy (non-hydrogen) atoms. The Kier molecular flexibility index (Phi) is 4.69. The number of carbonyl (C=O) groups is 2. The molecule has 1 aliphatic rings. The first-order valence-corrected chi connectivity index (χ1v) is 7.00. The molecule has 1 unspecified atom stereocenters. The molecule has 1 aliphatic heterocycles. The van der Waals surface area contributed by atoms with E-state index in [1.807, 2.05) is 0 Å². The number of aliphatic carboxylic acids is 1. The topological polar surface area (TPSA) is 96.9 Å². The highest BCUT2D eigenvalue weighted by molar-refractivity contribution is 9.10. The van der Waals surface area contributed by atoms with E-state index in [0.717, 1.165) is 4.47 Å². The summed E-state index contributed by atoms with van der Waals surface area (Å²) in [6.45, 7) is 0.262. The smallest absolute Gasteiger partial charge is 0.332 e. The number of carboxylic acid groups (broad SMARTS) is 1. The lowest BCUT2D eigenvalue weighted by Gasteiger charge is -2.23. The van der Waals surface area contributed by atoms with E-state index in [2.05, 4.69) is 26.6 Å². The van der Waals surface area contributed by atoms with Crippen molar-refractivity contribution < 1.29 is 24.2 Å². The molecule has 0 radical (unpaired) electrons. The Balaban J connectivity index is 2.06. The van der Waals surface area contributed by atoms with Gasteiger partial charge in [0.05, 0.1) is 18.2 Å². The Morgan fingerprint density at radius 3 is 2.81 bits per heavy atom. The van der Waals surface area contributed by atoms with Crippen LogP contribution in [0.2, 0.25) is 0 Å². The Hall–Kier alpha value is -1.80. The molecule has 1 aromatic carbocycles. The normalized spacial score (nSPS) is 20.9. The molecule has 8 heteroatoms. The average Bonchev–Trinajstić information content (AvgIpc) is 2.90. The second kappa shape index (κ2) is 6.31. The van der Waals surface area contributed by atoms with Gasteiger partial charge in [0, 0.05) is 24.8 Å². The van der Waals surface area contributed by atoms with Gasteiger partial charge in [-0.3, -0.25) is 0 Å². The summed E-state index contributed by atoms with van der Waals surface area (Å²) in [6, 6.07) is 4.42. The van der Waals surface area contributed by atoms with Crippen LogP contribution in [0.5, 0.6) is 5.75 Å². The van der Waals surface area contributed by atoms with E-state index in [-0.39, 0.29) is 13.0 Å². The van der Waals surface area contributed by atoms with Crippen molar-refractivity contribution in [3.8, 4) is 5.75 Å². The van der Waals surface area contributed by atoms with Crippen LogP contribution in [0.15, 0.2) is 22.7 Å².